The fourth-order valence-electron chi connectivity index (χ4n) is 3.52. The molecule has 6 heteroatoms. The zero-order chi connectivity index (χ0) is 17.4. The second kappa shape index (κ2) is 7.64. The van der Waals surface area contributed by atoms with Gasteiger partial charge in [-0.1, -0.05) is 12.1 Å². The van der Waals surface area contributed by atoms with Crippen LogP contribution >= 0.6 is 12.4 Å². The highest BCUT2D eigenvalue weighted by molar-refractivity contribution is 5.99. The summed E-state index contributed by atoms with van der Waals surface area (Å²) in [5.41, 5.74) is 2.87. The zero-order valence-electron chi connectivity index (χ0n) is 15.1. The van der Waals surface area contributed by atoms with Crippen molar-refractivity contribution in [2.45, 2.75) is 31.9 Å². The van der Waals surface area contributed by atoms with Crippen LogP contribution in [0.1, 0.15) is 28.0 Å². The molecule has 1 atom stereocenters. The monoisotopic (exact) mass is 373 g/mol. The lowest BCUT2D eigenvalue weighted by molar-refractivity contribution is 0.0850. The number of carbonyl (C=O) groups excluding carboxylic acids is 1. The molecule has 1 aromatic heterocycles. The minimum Gasteiger partial charge on any atom is -0.489 e. The molecule has 1 N–H and O–H groups in total. The Morgan fingerprint density at radius 3 is 2.81 bits per heavy atom. The Morgan fingerprint density at radius 1 is 1.27 bits per heavy atom. The van der Waals surface area contributed by atoms with Gasteiger partial charge in [-0.2, -0.15) is 0 Å². The molecule has 5 nitrogen and oxygen atoms in total. The fourth-order valence-corrected chi connectivity index (χ4v) is 3.52. The van der Waals surface area contributed by atoms with Crippen molar-refractivity contribution >= 4 is 24.0 Å². The van der Waals surface area contributed by atoms with Gasteiger partial charge in [0, 0.05) is 37.7 Å². The number of pyridine rings is 1. The standard InChI is InChI=1S/C20H23N3O2.ClH/c1-13-7-14(22-20(8-13)23-11-15(12-23)21-2)9-16-10-18(24)17-5-3-4-6-19(17)25-16;/h3-8,15-16,21H,9-12H2,1-2H3;1H. The number of carbonyl (C=O) groups is 1. The molecule has 1 aromatic carbocycles. The molecule has 1 unspecified atom stereocenters. The van der Waals surface area contributed by atoms with Crippen molar-refractivity contribution in [3.05, 3.63) is 53.2 Å². The molecule has 26 heavy (non-hydrogen) atoms. The molecule has 1 saturated heterocycles. The third-order valence-corrected chi connectivity index (χ3v) is 4.95. The number of likely N-dealkylation sites (N-methyl/N-ethyl adjacent to an activating group) is 1. The van der Waals surface area contributed by atoms with E-state index in [0.29, 0.717) is 30.2 Å². The second-order valence-electron chi connectivity index (χ2n) is 6.95. The van der Waals surface area contributed by atoms with Crippen LogP contribution in [0.3, 0.4) is 0 Å². The molecule has 2 aromatic rings. The van der Waals surface area contributed by atoms with Gasteiger partial charge in [-0.05, 0) is 43.8 Å². The number of rotatable bonds is 4. The van der Waals surface area contributed by atoms with E-state index in [9.17, 15) is 4.79 Å². The van der Waals surface area contributed by atoms with Crippen molar-refractivity contribution in [2.24, 2.45) is 0 Å². The first-order chi connectivity index (χ1) is 12.1. The lowest BCUT2D eigenvalue weighted by Gasteiger charge is -2.40. The minimum absolute atomic E-state index is 0. The van der Waals surface area contributed by atoms with Crippen LogP contribution in [0.5, 0.6) is 5.75 Å². The average molecular weight is 374 g/mol. The van der Waals surface area contributed by atoms with Gasteiger partial charge in [-0.3, -0.25) is 4.79 Å². The van der Waals surface area contributed by atoms with Crippen LogP contribution in [-0.2, 0) is 6.42 Å². The molecule has 0 amide bonds. The number of anilines is 1. The lowest BCUT2D eigenvalue weighted by atomic mass is 9.97. The van der Waals surface area contributed by atoms with Crippen LogP contribution < -0.4 is 15.0 Å². The predicted octanol–water partition coefficient (Wildman–Crippen LogP) is 2.80. The highest BCUT2D eigenvalue weighted by atomic mass is 35.5. The third kappa shape index (κ3) is 3.69. The molecule has 138 valence electrons. The molecular formula is C20H24ClN3O2. The molecule has 4 rings (SSSR count). The molecule has 0 bridgehead atoms. The first-order valence-electron chi connectivity index (χ1n) is 8.81. The minimum atomic E-state index is -0.147. The molecular weight excluding hydrogens is 350 g/mol. The van der Waals surface area contributed by atoms with Gasteiger partial charge in [0.15, 0.2) is 5.78 Å². The fraction of sp³-hybridized carbons (Fsp3) is 0.400. The number of Topliss-reactive ketones (excluding diaryl/α,β-unsaturated/α-hetero) is 1. The van der Waals surface area contributed by atoms with Gasteiger partial charge in [0.2, 0.25) is 0 Å². The largest absolute Gasteiger partial charge is 0.489 e. The maximum absolute atomic E-state index is 12.3. The summed E-state index contributed by atoms with van der Waals surface area (Å²) in [5, 5.41) is 3.28. The molecule has 0 aliphatic carbocycles. The number of fused-ring (bicyclic) bond motifs is 1. The maximum atomic E-state index is 12.3. The summed E-state index contributed by atoms with van der Waals surface area (Å²) in [5.74, 6) is 1.86. The summed E-state index contributed by atoms with van der Waals surface area (Å²) in [6.07, 6.45) is 0.914. The number of hydrogen-bond donors (Lipinski definition) is 1. The summed E-state index contributed by atoms with van der Waals surface area (Å²) < 4.78 is 6.04. The van der Waals surface area contributed by atoms with E-state index in [4.69, 9.17) is 9.72 Å². The van der Waals surface area contributed by atoms with Crippen LogP contribution in [0.25, 0.3) is 0 Å². The van der Waals surface area contributed by atoms with E-state index in [-0.39, 0.29) is 24.3 Å². The molecule has 1 fully saturated rings. The number of nitrogens with one attached hydrogen (secondary N) is 1. The summed E-state index contributed by atoms with van der Waals surface area (Å²) >= 11 is 0. The number of hydrogen-bond acceptors (Lipinski definition) is 5. The highest BCUT2D eigenvalue weighted by Gasteiger charge is 2.28. The van der Waals surface area contributed by atoms with E-state index in [1.807, 2.05) is 31.3 Å². The molecule has 0 saturated carbocycles. The van der Waals surface area contributed by atoms with Crippen LogP contribution in [0.15, 0.2) is 36.4 Å². The van der Waals surface area contributed by atoms with E-state index in [1.54, 1.807) is 0 Å². The number of ketones is 1. The van der Waals surface area contributed by atoms with E-state index < -0.39 is 0 Å². The summed E-state index contributed by atoms with van der Waals surface area (Å²) in [6, 6.07) is 12.2. The Bertz CT molecular complexity index is 805. The molecule has 2 aliphatic rings. The number of nitrogens with zero attached hydrogens (tertiary/aromatic N) is 2. The predicted molar refractivity (Wildman–Crippen MR) is 105 cm³/mol. The van der Waals surface area contributed by atoms with Crippen molar-refractivity contribution in [1.29, 1.82) is 0 Å². The Balaban J connectivity index is 0.00000196. The Kier molecular flexibility index (Phi) is 5.49. The first-order valence-corrected chi connectivity index (χ1v) is 8.81. The van der Waals surface area contributed by atoms with Gasteiger partial charge in [0.05, 0.1) is 5.56 Å². The first kappa shape index (κ1) is 18.7. The van der Waals surface area contributed by atoms with Crippen molar-refractivity contribution in [3.63, 3.8) is 0 Å². The number of aryl methyl sites for hydroxylation is 1. The number of halogens is 1. The topological polar surface area (TPSA) is 54.5 Å². The van der Waals surface area contributed by atoms with E-state index in [1.165, 1.54) is 5.56 Å². The number of ether oxygens (including phenoxy) is 1. The van der Waals surface area contributed by atoms with Crippen molar-refractivity contribution in [3.8, 4) is 5.75 Å². The van der Waals surface area contributed by atoms with Crippen LogP contribution in [-0.4, -0.2) is 43.1 Å². The zero-order valence-corrected chi connectivity index (χ0v) is 15.9. The Labute approximate surface area is 160 Å². The van der Waals surface area contributed by atoms with E-state index in [2.05, 4.69) is 29.3 Å². The smallest absolute Gasteiger partial charge is 0.170 e. The highest BCUT2D eigenvalue weighted by Crippen LogP contribution is 2.29. The van der Waals surface area contributed by atoms with Gasteiger partial charge in [-0.15, -0.1) is 12.4 Å². The Hall–Kier alpha value is -2.11. The van der Waals surface area contributed by atoms with Crippen LogP contribution in [0.4, 0.5) is 5.82 Å². The van der Waals surface area contributed by atoms with Crippen molar-refractivity contribution < 1.29 is 9.53 Å². The summed E-state index contributed by atoms with van der Waals surface area (Å²) in [4.78, 5) is 19.4. The molecule has 3 heterocycles. The summed E-state index contributed by atoms with van der Waals surface area (Å²) in [6.45, 7) is 4.06. The number of aromatic nitrogens is 1. The maximum Gasteiger partial charge on any atom is 0.170 e. The van der Waals surface area contributed by atoms with Crippen LogP contribution in [0, 0.1) is 6.92 Å². The van der Waals surface area contributed by atoms with Crippen LogP contribution in [0.2, 0.25) is 0 Å². The summed E-state index contributed by atoms with van der Waals surface area (Å²) in [7, 11) is 1.99. The van der Waals surface area contributed by atoms with E-state index >= 15 is 0 Å². The van der Waals surface area contributed by atoms with Crippen molar-refractivity contribution in [1.82, 2.24) is 10.3 Å². The molecule has 0 radical (unpaired) electrons. The van der Waals surface area contributed by atoms with E-state index in [0.717, 1.165) is 24.6 Å². The van der Waals surface area contributed by atoms with Gasteiger partial charge in [0.1, 0.15) is 17.7 Å². The normalized spacial score (nSPS) is 19.2. The molecule has 0 spiro atoms. The second-order valence-corrected chi connectivity index (χ2v) is 6.95. The van der Waals surface area contributed by atoms with Gasteiger partial charge < -0.3 is 15.0 Å². The average Bonchev–Trinajstić information content (AvgIpc) is 2.53. The van der Waals surface area contributed by atoms with Gasteiger partial charge in [0.25, 0.3) is 0 Å². The van der Waals surface area contributed by atoms with Gasteiger partial charge >= 0.3 is 0 Å². The Morgan fingerprint density at radius 2 is 2.04 bits per heavy atom. The lowest BCUT2D eigenvalue weighted by Crippen LogP contribution is -2.57. The SMILES string of the molecule is CNC1CN(c2cc(C)cc(CC3CC(=O)c4ccccc4O3)n2)C1.Cl. The van der Waals surface area contributed by atoms with Crippen molar-refractivity contribution in [2.75, 3.05) is 25.0 Å². The van der Waals surface area contributed by atoms with Gasteiger partial charge in [-0.25, -0.2) is 4.98 Å². The number of benzene rings is 1. The molecule has 2 aliphatic heterocycles. The quantitative estimate of drug-likeness (QED) is 0.893. The number of para-hydroxylation sites is 1. The third-order valence-electron chi connectivity index (χ3n) is 4.95.